The largest absolute Gasteiger partial charge is 0.364 e. The number of rotatable bonds is 4. The van der Waals surface area contributed by atoms with E-state index >= 15 is 0 Å². The highest BCUT2D eigenvalue weighted by atomic mass is 15.2. The Kier molecular flexibility index (Phi) is 2.40. The standard InChI is InChI=1S/C9H14N4/c10-6-8(7-3-4-7)12-9-2-1-5-11-13-9/h1-2,5,7-8H,3-4,6,10H2,(H,12,13). The molecule has 13 heavy (non-hydrogen) atoms. The Balaban J connectivity index is 1.95. The van der Waals surface area contributed by atoms with E-state index in [9.17, 15) is 0 Å². The van der Waals surface area contributed by atoms with E-state index in [0.29, 0.717) is 12.6 Å². The molecule has 1 fully saturated rings. The van der Waals surface area contributed by atoms with Crippen LogP contribution in [0.25, 0.3) is 0 Å². The van der Waals surface area contributed by atoms with Crippen LogP contribution in [0.4, 0.5) is 5.82 Å². The monoisotopic (exact) mass is 178 g/mol. The molecule has 1 aromatic rings. The molecule has 0 radical (unpaired) electrons. The summed E-state index contributed by atoms with van der Waals surface area (Å²) in [6.07, 6.45) is 4.24. The minimum absolute atomic E-state index is 0.372. The summed E-state index contributed by atoms with van der Waals surface area (Å²) in [5.74, 6) is 1.57. The molecule has 1 saturated carbocycles. The van der Waals surface area contributed by atoms with E-state index in [1.54, 1.807) is 6.20 Å². The Bertz CT molecular complexity index is 258. The number of nitrogens with two attached hydrogens (primary N) is 1. The number of hydrogen-bond acceptors (Lipinski definition) is 4. The number of hydrogen-bond donors (Lipinski definition) is 2. The summed E-state index contributed by atoms with van der Waals surface area (Å²) in [5, 5.41) is 11.1. The maximum absolute atomic E-state index is 5.65. The minimum atomic E-state index is 0.372. The molecule has 0 saturated heterocycles. The summed E-state index contributed by atoms with van der Waals surface area (Å²) in [6.45, 7) is 0.668. The van der Waals surface area contributed by atoms with Gasteiger partial charge in [0.15, 0.2) is 0 Å². The molecule has 70 valence electrons. The molecule has 0 amide bonds. The van der Waals surface area contributed by atoms with Gasteiger partial charge in [0.25, 0.3) is 0 Å². The van der Waals surface area contributed by atoms with Gasteiger partial charge in [0, 0.05) is 18.8 Å². The third-order valence-corrected chi connectivity index (χ3v) is 2.35. The average Bonchev–Trinajstić information content (AvgIpc) is 2.99. The highest BCUT2D eigenvalue weighted by Gasteiger charge is 2.30. The molecule has 1 heterocycles. The summed E-state index contributed by atoms with van der Waals surface area (Å²) in [7, 11) is 0. The van der Waals surface area contributed by atoms with Crippen molar-refractivity contribution >= 4 is 5.82 Å². The predicted molar refractivity (Wildman–Crippen MR) is 51.2 cm³/mol. The minimum Gasteiger partial charge on any atom is -0.364 e. The molecule has 2 rings (SSSR count). The van der Waals surface area contributed by atoms with E-state index in [4.69, 9.17) is 5.73 Å². The van der Waals surface area contributed by atoms with Crippen LogP contribution in [0, 0.1) is 5.92 Å². The lowest BCUT2D eigenvalue weighted by molar-refractivity contribution is 0.640. The first-order valence-corrected chi connectivity index (χ1v) is 4.64. The number of anilines is 1. The van der Waals surface area contributed by atoms with Crippen molar-refractivity contribution in [2.45, 2.75) is 18.9 Å². The smallest absolute Gasteiger partial charge is 0.148 e. The van der Waals surface area contributed by atoms with Crippen molar-refractivity contribution in [3.8, 4) is 0 Å². The van der Waals surface area contributed by atoms with E-state index in [-0.39, 0.29) is 0 Å². The van der Waals surface area contributed by atoms with Crippen LogP contribution < -0.4 is 11.1 Å². The van der Waals surface area contributed by atoms with Gasteiger partial charge in [-0.25, -0.2) is 0 Å². The van der Waals surface area contributed by atoms with E-state index in [0.717, 1.165) is 11.7 Å². The van der Waals surface area contributed by atoms with Gasteiger partial charge in [-0.2, -0.15) is 5.10 Å². The molecule has 4 nitrogen and oxygen atoms in total. The fourth-order valence-corrected chi connectivity index (χ4v) is 1.44. The van der Waals surface area contributed by atoms with Crippen molar-refractivity contribution in [1.29, 1.82) is 0 Å². The SMILES string of the molecule is NCC(Nc1cccnn1)C1CC1. The van der Waals surface area contributed by atoms with Crippen LogP contribution in [0.3, 0.4) is 0 Å². The maximum Gasteiger partial charge on any atom is 0.148 e. The van der Waals surface area contributed by atoms with Gasteiger partial charge in [0.1, 0.15) is 5.82 Å². The second kappa shape index (κ2) is 3.70. The molecule has 0 aromatic carbocycles. The maximum atomic E-state index is 5.65. The van der Waals surface area contributed by atoms with Crippen LogP contribution in [0.15, 0.2) is 18.3 Å². The van der Waals surface area contributed by atoms with Crippen LogP contribution in [0.2, 0.25) is 0 Å². The molecular formula is C9H14N4. The van der Waals surface area contributed by atoms with E-state index < -0.39 is 0 Å². The fourth-order valence-electron chi connectivity index (χ4n) is 1.44. The van der Waals surface area contributed by atoms with Crippen LogP contribution in [-0.2, 0) is 0 Å². The van der Waals surface area contributed by atoms with Gasteiger partial charge in [-0.1, -0.05) is 0 Å². The van der Waals surface area contributed by atoms with Gasteiger partial charge in [-0.3, -0.25) is 0 Å². The van der Waals surface area contributed by atoms with Crippen LogP contribution in [0.5, 0.6) is 0 Å². The summed E-state index contributed by atoms with van der Waals surface area (Å²) < 4.78 is 0. The average molecular weight is 178 g/mol. The van der Waals surface area contributed by atoms with Crippen molar-refractivity contribution in [1.82, 2.24) is 10.2 Å². The Labute approximate surface area is 77.5 Å². The van der Waals surface area contributed by atoms with Gasteiger partial charge >= 0.3 is 0 Å². The van der Waals surface area contributed by atoms with E-state index in [2.05, 4.69) is 15.5 Å². The Morgan fingerprint density at radius 2 is 2.46 bits per heavy atom. The Morgan fingerprint density at radius 1 is 1.62 bits per heavy atom. The third-order valence-electron chi connectivity index (χ3n) is 2.35. The predicted octanol–water partition coefficient (Wildman–Crippen LogP) is 0.626. The molecule has 3 N–H and O–H groups in total. The second-order valence-electron chi connectivity index (χ2n) is 3.43. The first-order valence-electron chi connectivity index (χ1n) is 4.64. The summed E-state index contributed by atoms with van der Waals surface area (Å²) in [5.41, 5.74) is 5.65. The van der Waals surface area contributed by atoms with Crippen molar-refractivity contribution in [2.75, 3.05) is 11.9 Å². The number of aromatic nitrogens is 2. The summed E-state index contributed by atoms with van der Waals surface area (Å²) in [6, 6.07) is 4.16. The Morgan fingerprint density at radius 3 is 3.00 bits per heavy atom. The molecular weight excluding hydrogens is 164 g/mol. The van der Waals surface area contributed by atoms with E-state index in [1.807, 2.05) is 12.1 Å². The molecule has 1 aliphatic carbocycles. The molecule has 1 atom stereocenters. The van der Waals surface area contributed by atoms with Crippen molar-refractivity contribution < 1.29 is 0 Å². The molecule has 1 aromatic heterocycles. The normalized spacial score (nSPS) is 18.2. The van der Waals surface area contributed by atoms with Gasteiger partial charge in [0.05, 0.1) is 0 Å². The molecule has 1 unspecified atom stereocenters. The lowest BCUT2D eigenvalue weighted by Crippen LogP contribution is -2.31. The lowest BCUT2D eigenvalue weighted by atomic mass is 10.2. The second-order valence-corrected chi connectivity index (χ2v) is 3.43. The molecule has 0 bridgehead atoms. The number of nitrogens with one attached hydrogen (secondary N) is 1. The van der Waals surface area contributed by atoms with Crippen LogP contribution >= 0.6 is 0 Å². The first-order chi connectivity index (χ1) is 6.40. The highest BCUT2D eigenvalue weighted by Crippen LogP contribution is 2.33. The lowest BCUT2D eigenvalue weighted by Gasteiger charge is -2.15. The zero-order valence-corrected chi connectivity index (χ0v) is 7.48. The van der Waals surface area contributed by atoms with Crippen LogP contribution in [-0.4, -0.2) is 22.8 Å². The molecule has 4 heteroatoms. The quantitative estimate of drug-likeness (QED) is 0.709. The van der Waals surface area contributed by atoms with Gasteiger partial charge in [-0.15, -0.1) is 5.10 Å². The Hall–Kier alpha value is -1.16. The number of nitrogens with zero attached hydrogens (tertiary/aromatic N) is 2. The summed E-state index contributed by atoms with van der Waals surface area (Å²) >= 11 is 0. The zero-order chi connectivity index (χ0) is 9.10. The molecule has 0 spiro atoms. The van der Waals surface area contributed by atoms with Crippen molar-refractivity contribution in [2.24, 2.45) is 11.7 Å². The van der Waals surface area contributed by atoms with Crippen LogP contribution in [0.1, 0.15) is 12.8 Å². The summed E-state index contributed by atoms with van der Waals surface area (Å²) in [4.78, 5) is 0. The third kappa shape index (κ3) is 2.15. The van der Waals surface area contributed by atoms with Gasteiger partial charge in [0.2, 0.25) is 0 Å². The topological polar surface area (TPSA) is 63.8 Å². The fraction of sp³-hybridized carbons (Fsp3) is 0.556. The van der Waals surface area contributed by atoms with Crippen molar-refractivity contribution in [3.05, 3.63) is 18.3 Å². The molecule has 1 aliphatic rings. The molecule has 0 aliphatic heterocycles. The van der Waals surface area contributed by atoms with Crippen molar-refractivity contribution in [3.63, 3.8) is 0 Å². The zero-order valence-electron chi connectivity index (χ0n) is 7.48. The van der Waals surface area contributed by atoms with Gasteiger partial charge in [-0.05, 0) is 30.9 Å². The first kappa shape index (κ1) is 8.44. The highest BCUT2D eigenvalue weighted by molar-refractivity contribution is 5.33. The van der Waals surface area contributed by atoms with Gasteiger partial charge < -0.3 is 11.1 Å². The van der Waals surface area contributed by atoms with E-state index in [1.165, 1.54) is 12.8 Å².